The van der Waals surface area contributed by atoms with Gasteiger partial charge in [0, 0.05) is 27.4 Å². The Kier molecular flexibility index (Phi) is 29.4. The van der Waals surface area contributed by atoms with E-state index in [1.807, 2.05) is 0 Å². The lowest BCUT2D eigenvalue weighted by Gasteiger charge is -2.41. The number of rotatable bonds is 28. The highest BCUT2D eigenvalue weighted by Gasteiger charge is 2.45. The lowest BCUT2D eigenvalue weighted by atomic mass is 9.99. The van der Waals surface area contributed by atoms with E-state index in [-0.39, 0.29) is 13.2 Å². The second-order valence-electron chi connectivity index (χ2n) is 14.0. The van der Waals surface area contributed by atoms with Crippen LogP contribution in [0.25, 0.3) is 0 Å². The molecule has 2 aliphatic heterocycles. The van der Waals surface area contributed by atoms with E-state index < -0.39 is 61.4 Å². The van der Waals surface area contributed by atoms with Gasteiger partial charge in [-0.15, -0.1) is 0 Å². The molecule has 0 amide bonds. The minimum Gasteiger partial charge on any atom is -0.394 e. The maximum Gasteiger partial charge on any atom is 0.186 e. The van der Waals surface area contributed by atoms with Crippen LogP contribution in [0.5, 0.6) is 0 Å². The van der Waals surface area contributed by atoms with Gasteiger partial charge < -0.3 is 59.1 Å². The van der Waals surface area contributed by atoms with Crippen LogP contribution in [0.1, 0.15) is 142 Å². The van der Waals surface area contributed by atoms with Crippen molar-refractivity contribution in [3.8, 4) is 0 Å². The van der Waals surface area contributed by atoms with Crippen molar-refractivity contribution in [2.45, 2.75) is 204 Å². The van der Waals surface area contributed by atoms with E-state index in [4.69, 9.17) is 28.4 Å². The van der Waals surface area contributed by atoms with Crippen molar-refractivity contribution in [2.75, 3.05) is 40.6 Å². The van der Waals surface area contributed by atoms with E-state index in [0.29, 0.717) is 13.2 Å². The van der Waals surface area contributed by atoms with Crippen molar-refractivity contribution in [2.24, 2.45) is 0 Å². The molecule has 12 heteroatoms. The maximum absolute atomic E-state index is 10.2. The molecule has 2 fully saturated rings. The summed E-state index contributed by atoms with van der Waals surface area (Å²) in [6.07, 6.45) is 15.1. The van der Waals surface area contributed by atoms with Gasteiger partial charge >= 0.3 is 0 Å². The number of aliphatic hydroxyl groups excluding tert-OH is 6. The smallest absolute Gasteiger partial charge is 0.186 e. The number of hydrogen-bond acceptors (Lipinski definition) is 12. The van der Waals surface area contributed by atoms with Gasteiger partial charge in [-0.2, -0.15) is 0 Å². The lowest BCUT2D eigenvalue weighted by molar-refractivity contribution is -0.301. The number of hydrogen-bond donors (Lipinski definition) is 6. The highest BCUT2D eigenvalue weighted by Crippen LogP contribution is 2.25. The van der Waals surface area contributed by atoms with Gasteiger partial charge in [-0.05, 0) is 12.8 Å². The summed E-state index contributed by atoms with van der Waals surface area (Å²) in [5, 5.41) is 58.9. The largest absolute Gasteiger partial charge is 0.394 e. The van der Waals surface area contributed by atoms with Gasteiger partial charge in [-0.1, -0.05) is 129 Å². The number of ether oxygens (including phenoxy) is 6. The minimum absolute atomic E-state index is 0.183. The van der Waals surface area contributed by atoms with Gasteiger partial charge in [0.15, 0.2) is 12.6 Å². The topological polar surface area (TPSA) is 177 Å². The van der Waals surface area contributed by atoms with Crippen LogP contribution in [0.2, 0.25) is 0 Å². The third kappa shape index (κ3) is 19.6. The van der Waals surface area contributed by atoms with Gasteiger partial charge in [-0.25, -0.2) is 0 Å². The lowest BCUT2D eigenvalue weighted by Crippen LogP contribution is -2.59. The first-order chi connectivity index (χ1) is 24.3. The van der Waals surface area contributed by atoms with E-state index in [1.54, 1.807) is 0 Å². The van der Waals surface area contributed by atoms with Crippen LogP contribution in [-0.2, 0) is 28.4 Å². The zero-order chi connectivity index (χ0) is 37.0. The van der Waals surface area contributed by atoms with Gasteiger partial charge in [0.1, 0.15) is 48.8 Å². The molecule has 2 saturated heterocycles. The average molecular weight is 725 g/mol. The molecule has 10 atom stereocenters. The summed E-state index contributed by atoms with van der Waals surface area (Å²) >= 11 is 0. The standard InChI is InChI=1S/2C19H38O6/c1-3-4-5-6-7-8-9-10-11-12-13-24-18-15(14-20)25-19(23-2)17(22)16(18)21;1-3-4-5-6-7-8-9-10-11-12-13-24-14-15-16(20)17(21)18(22)19(23-2)25-15/h2*15-22H,3-14H2,1-2H3/t15?,16-,17?,18+,19+;15?,16-,17-,18?,19-/m10/s1. The van der Waals surface area contributed by atoms with Crippen LogP contribution in [0.4, 0.5) is 0 Å². The summed E-state index contributed by atoms with van der Waals surface area (Å²) in [4.78, 5) is 0. The second-order valence-corrected chi connectivity index (χ2v) is 14.0. The third-order valence-corrected chi connectivity index (χ3v) is 9.69. The molecule has 0 saturated carbocycles. The molecule has 12 nitrogen and oxygen atoms in total. The molecule has 0 aliphatic carbocycles. The Balaban J connectivity index is 0.000000500. The second kappa shape index (κ2) is 30.9. The molecule has 6 N–H and O–H groups in total. The SMILES string of the molecule is CCCCCCCCCCCCOCC1O[C@H](OC)C(O)[C@@H](O)[C@H]1O.CCCCCCCCCCCCO[C@H]1C(CO)O[C@H](OC)C(O)[C@H]1O. The van der Waals surface area contributed by atoms with Crippen molar-refractivity contribution in [1.82, 2.24) is 0 Å². The fourth-order valence-electron chi connectivity index (χ4n) is 6.40. The van der Waals surface area contributed by atoms with E-state index in [0.717, 1.165) is 25.7 Å². The molecule has 0 aromatic rings. The Hall–Kier alpha value is -0.480. The monoisotopic (exact) mass is 725 g/mol. The van der Waals surface area contributed by atoms with Crippen molar-refractivity contribution in [1.29, 1.82) is 0 Å². The molecule has 300 valence electrons. The van der Waals surface area contributed by atoms with E-state index >= 15 is 0 Å². The van der Waals surface area contributed by atoms with Crippen LogP contribution < -0.4 is 0 Å². The Morgan fingerprint density at radius 2 is 0.860 bits per heavy atom. The summed E-state index contributed by atoms with van der Waals surface area (Å²) in [6, 6.07) is 0. The van der Waals surface area contributed by atoms with E-state index in [9.17, 15) is 30.6 Å². The fraction of sp³-hybridized carbons (Fsp3) is 1.00. The summed E-state index contributed by atoms with van der Waals surface area (Å²) in [5.74, 6) is 0. The first kappa shape index (κ1) is 47.5. The summed E-state index contributed by atoms with van der Waals surface area (Å²) < 4.78 is 32.0. The quantitative estimate of drug-likeness (QED) is 0.0612. The Morgan fingerprint density at radius 1 is 0.460 bits per heavy atom. The van der Waals surface area contributed by atoms with Crippen LogP contribution in [0.15, 0.2) is 0 Å². The zero-order valence-electron chi connectivity index (χ0n) is 31.9. The van der Waals surface area contributed by atoms with Crippen molar-refractivity contribution in [3.63, 3.8) is 0 Å². The predicted molar refractivity (Wildman–Crippen MR) is 193 cm³/mol. The van der Waals surface area contributed by atoms with Crippen molar-refractivity contribution >= 4 is 0 Å². The van der Waals surface area contributed by atoms with Crippen LogP contribution in [0.3, 0.4) is 0 Å². The van der Waals surface area contributed by atoms with E-state index in [2.05, 4.69) is 13.8 Å². The third-order valence-electron chi connectivity index (χ3n) is 9.69. The molecule has 2 heterocycles. The first-order valence-electron chi connectivity index (χ1n) is 19.8. The zero-order valence-corrected chi connectivity index (χ0v) is 31.9. The first-order valence-corrected chi connectivity index (χ1v) is 19.8. The van der Waals surface area contributed by atoms with Gasteiger partial charge in [-0.3, -0.25) is 0 Å². The molecule has 50 heavy (non-hydrogen) atoms. The van der Waals surface area contributed by atoms with Crippen molar-refractivity contribution < 1.29 is 59.1 Å². The van der Waals surface area contributed by atoms with Crippen molar-refractivity contribution in [3.05, 3.63) is 0 Å². The average Bonchev–Trinajstić information content (AvgIpc) is 3.12. The normalized spacial score (nSPS) is 29.9. The molecule has 2 rings (SSSR count). The molecule has 0 aromatic carbocycles. The highest BCUT2D eigenvalue weighted by molar-refractivity contribution is 4.90. The molecule has 0 radical (unpaired) electrons. The molecule has 0 aromatic heterocycles. The molecular formula is C38H76O12. The van der Waals surface area contributed by atoms with Crippen LogP contribution in [-0.4, -0.2) is 133 Å². The molecule has 4 unspecified atom stereocenters. The molecular weight excluding hydrogens is 648 g/mol. The van der Waals surface area contributed by atoms with Crippen LogP contribution in [0, 0.1) is 0 Å². The predicted octanol–water partition coefficient (Wildman–Crippen LogP) is 4.76. The fourth-order valence-corrected chi connectivity index (χ4v) is 6.40. The summed E-state index contributed by atoms with van der Waals surface area (Å²) in [7, 11) is 2.78. The van der Waals surface area contributed by atoms with Gasteiger partial charge in [0.25, 0.3) is 0 Å². The van der Waals surface area contributed by atoms with E-state index in [1.165, 1.54) is 117 Å². The van der Waals surface area contributed by atoms with Crippen LogP contribution >= 0.6 is 0 Å². The maximum atomic E-state index is 10.2. The van der Waals surface area contributed by atoms with Gasteiger partial charge in [0.05, 0.1) is 13.2 Å². The highest BCUT2D eigenvalue weighted by atomic mass is 16.7. The number of methoxy groups -OCH3 is 2. The Bertz CT molecular complexity index is 733. The van der Waals surface area contributed by atoms with Gasteiger partial charge in [0.2, 0.25) is 0 Å². The summed E-state index contributed by atoms with van der Waals surface area (Å²) in [6.45, 7) is 5.47. The molecule has 0 spiro atoms. The number of aliphatic hydroxyl groups is 6. The Labute approximate surface area is 303 Å². The summed E-state index contributed by atoms with van der Waals surface area (Å²) in [5.41, 5.74) is 0. The molecule has 2 aliphatic rings. The number of unbranched alkanes of at least 4 members (excludes halogenated alkanes) is 18. The molecule has 0 bridgehead atoms. The Morgan fingerprint density at radius 3 is 1.30 bits per heavy atom. The minimum atomic E-state index is -1.29.